The van der Waals surface area contributed by atoms with E-state index in [1.165, 1.54) is 0 Å². The summed E-state index contributed by atoms with van der Waals surface area (Å²) in [7, 11) is 4.74. The van der Waals surface area contributed by atoms with Gasteiger partial charge in [0.1, 0.15) is 18.1 Å². The smallest absolute Gasteiger partial charge is 0.262 e. The van der Waals surface area contributed by atoms with Crippen LogP contribution in [0.25, 0.3) is 10.9 Å². The van der Waals surface area contributed by atoms with Crippen LogP contribution in [-0.2, 0) is 6.61 Å². The summed E-state index contributed by atoms with van der Waals surface area (Å²) in [5.41, 5.74) is 2.20. The van der Waals surface area contributed by atoms with E-state index in [0.717, 1.165) is 10.9 Å². The van der Waals surface area contributed by atoms with Crippen LogP contribution < -0.4 is 18.9 Å². The Morgan fingerprint density at radius 3 is 2.29 bits per heavy atom. The fourth-order valence-corrected chi connectivity index (χ4v) is 3.44. The van der Waals surface area contributed by atoms with Gasteiger partial charge in [0.05, 0.1) is 26.8 Å². The third-order valence-electron chi connectivity index (χ3n) is 5.07. The average Bonchev–Trinajstić information content (AvgIpc) is 3.26. The number of aromatic nitrogens is 1. The molecule has 0 bridgehead atoms. The zero-order valence-electron chi connectivity index (χ0n) is 17.6. The highest BCUT2D eigenvalue weighted by molar-refractivity contribution is 6.04. The van der Waals surface area contributed by atoms with Gasteiger partial charge in [-0.3, -0.25) is 9.36 Å². The molecule has 0 amide bonds. The summed E-state index contributed by atoms with van der Waals surface area (Å²) < 4.78 is 23.8. The van der Waals surface area contributed by atoms with E-state index in [9.17, 15) is 4.79 Å². The first-order chi connectivity index (χ1) is 15.1. The summed E-state index contributed by atoms with van der Waals surface area (Å²) in [6.45, 7) is 0.371. The van der Waals surface area contributed by atoms with Crippen LogP contribution in [0.15, 0.2) is 72.9 Å². The topological polar surface area (TPSA) is 58.9 Å². The molecule has 3 aromatic carbocycles. The highest BCUT2D eigenvalue weighted by Crippen LogP contribution is 2.33. The second-order valence-electron chi connectivity index (χ2n) is 6.89. The van der Waals surface area contributed by atoms with Gasteiger partial charge in [-0.05, 0) is 29.8 Å². The van der Waals surface area contributed by atoms with Crippen molar-refractivity contribution < 1.29 is 23.7 Å². The zero-order valence-corrected chi connectivity index (χ0v) is 17.6. The summed E-state index contributed by atoms with van der Waals surface area (Å²) in [5.74, 6) is 2.12. The maximum Gasteiger partial charge on any atom is 0.262 e. The van der Waals surface area contributed by atoms with Crippen LogP contribution in [0.2, 0.25) is 0 Å². The van der Waals surface area contributed by atoms with Crippen molar-refractivity contribution in [1.82, 2.24) is 4.57 Å². The molecular formula is C25H23NO5. The molecule has 4 aromatic rings. The lowest BCUT2D eigenvalue weighted by Gasteiger charge is -2.13. The Balaban J connectivity index is 1.69. The lowest BCUT2D eigenvalue weighted by atomic mass is 10.1. The fraction of sp³-hybridized carbons (Fsp3) is 0.160. The van der Waals surface area contributed by atoms with Crippen LogP contribution in [0.3, 0.4) is 0 Å². The van der Waals surface area contributed by atoms with Crippen LogP contribution in [0, 0.1) is 0 Å². The standard InChI is InChI=1S/C25H23NO5/c1-28-19-14-21-20(23(15-19)30-3)11-12-26(21)25(27)18-9-10-22(29-2)24(13-18)31-16-17-7-5-4-6-8-17/h4-15H,16H2,1-3H3. The molecule has 31 heavy (non-hydrogen) atoms. The predicted molar refractivity (Wildman–Crippen MR) is 119 cm³/mol. The molecule has 1 aromatic heterocycles. The Kier molecular flexibility index (Phi) is 5.80. The zero-order chi connectivity index (χ0) is 21.8. The third kappa shape index (κ3) is 4.05. The van der Waals surface area contributed by atoms with Gasteiger partial charge in [-0.15, -0.1) is 0 Å². The van der Waals surface area contributed by atoms with Gasteiger partial charge >= 0.3 is 0 Å². The first kappa shape index (κ1) is 20.3. The molecule has 0 aliphatic carbocycles. The molecule has 0 aliphatic heterocycles. The van der Waals surface area contributed by atoms with E-state index in [1.807, 2.05) is 42.5 Å². The molecule has 0 radical (unpaired) electrons. The number of carbonyl (C=O) groups excluding carboxylic acids is 1. The first-order valence-corrected chi connectivity index (χ1v) is 9.77. The van der Waals surface area contributed by atoms with Crippen molar-refractivity contribution in [2.75, 3.05) is 21.3 Å². The minimum absolute atomic E-state index is 0.197. The van der Waals surface area contributed by atoms with Crippen molar-refractivity contribution in [2.24, 2.45) is 0 Å². The van der Waals surface area contributed by atoms with E-state index in [2.05, 4.69) is 0 Å². The Hall–Kier alpha value is -3.93. The van der Waals surface area contributed by atoms with Crippen LogP contribution in [-0.4, -0.2) is 31.8 Å². The number of rotatable bonds is 7. The molecule has 6 heteroatoms. The molecule has 0 saturated carbocycles. The van der Waals surface area contributed by atoms with Gasteiger partial charge in [-0.2, -0.15) is 0 Å². The number of hydrogen-bond acceptors (Lipinski definition) is 5. The minimum atomic E-state index is -0.197. The van der Waals surface area contributed by atoms with Crippen molar-refractivity contribution in [3.8, 4) is 23.0 Å². The van der Waals surface area contributed by atoms with Gasteiger partial charge < -0.3 is 18.9 Å². The Labute approximate surface area is 180 Å². The van der Waals surface area contributed by atoms with Crippen molar-refractivity contribution in [1.29, 1.82) is 0 Å². The molecule has 4 rings (SSSR count). The molecule has 1 heterocycles. The lowest BCUT2D eigenvalue weighted by molar-refractivity contribution is 0.0964. The molecule has 6 nitrogen and oxygen atoms in total. The van der Waals surface area contributed by atoms with Gasteiger partial charge in [-0.25, -0.2) is 0 Å². The van der Waals surface area contributed by atoms with Crippen molar-refractivity contribution in [3.63, 3.8) is 0 Å². The summed E-state index contributed by atoms with van der Waals surface area (Å²) in [6.07, 6.45) is 1.73. The second kappa shape index (κ2) is 8.83. The van der Waals surface area contributed by atoms with Gasteiger partial charge in [0.2, 0.25) is 0 Å². The van der Waals surface area contributed by atoms with Crippen LogP contribution in [0.4, 0.5) is 0 Å². The highest BCUT2D eigenvalue weighted by atomic mass is 16.5. The summed E-state index contributed by atoms with van der Waals surface area (Å²) >= 11 is 0. The van der Waals surface area contributed by atoms with Crippen LogP contribution >= 0.6 is 0 Å². The van der Waals surface area contributed by atoms with E-state index >= 15 is 0 Å². The second-order valence-corrected chi connectivity index (χ2v) is 6.89. The van der Waals surface area contributed by atoms with Crippen molar-refractivity contribution >= 4 is 16.8 Å². The van der Waals surface area contributed by atoms with Crippen molar-refractivity contribution in [2.45, 2.75) is 6.61 Å². The SMILES string of the molecule is COc1cc(OC)c2ccn(C(=O)c3ccc(OC)c(OCc4ccccc4)c3)c2c1. The summed E-state index contributed by atoms with van der Waals surface area (Å²) in [4.78, 5) is 13.3. The maximum atomic E-state index is 13.3. The van der Waals surface area contributed by atoms with E-state index < -0.39 is 0 Å². The van der Waals surface area contributed by atoms with Gasteiger partial charge in [0.15, 0.2) is 11.5 Å². The third-order valence-corrected chi connectivity index (χ3v) is 5.07. The molecule has 0 saturated heterocycles. The Morgan fingerprint density at radius 2 is 1.58 bits per heavy atom. The summed E-state index contributed by atoms with van der Waals surface area (Å²) in [5, 5.41) is 0.825. The average molecular weight is 417 g/mol. The first-order valence-electron chi connectivity index (χ1n) is 9.77. The minimum Gasteiger partial charge on any atom is -0.497 e. The van der Waals surface area contributed by atoms with Crippen molar-refractivity contribution in [3.05, 3.63) is 84.1 Å². The number of carbonyl (C=O) groups is 1. The number of ether oxygens (including phenoxy) is 4. The largest absolute Gasteiger partial charge is 0.497 e. The molecule has 0 spiro atoms. The molecule has 0 N–H and O–H groups in total. The molecule has 0 aliphatic rings. The normalized spacial score (nSPS) is 10.7. The van der Waals surface area contributed by atoms with Crippen LogP contribution in [0.5, 0.6) is 23.0 Å². The molecule has 0 atom stereocenters. The fourth-order valence-electron chi connectivity index (χ4n) is 3.44. The predicted octanol–water partition coefficient (Wildman–Crippen LogP) is 4.93. The highest BCUT2D eigenvalue weighted by Gasteiger charge is 2.17. The molecular weight excluding hydrogens is 394 g/mol. The van der Waals surface area contributed by atoms with E-state index in [4.69, 9.17) is 18.9 Å². The van der Waals surface area contributed by atoms with E-state index in [-0.39, 0.29) is 5.91 Å². The number of benzene rings is 3. The van der Waals surface area contributed by atoms with Crippen LogP contribution in [0.1, 0.15) is 15.9 Å². The quantitative estimate of drug-likeness (QED) is 0.427. The maximum absolute atomic E-state index is 13.3. The number of fused-ring (bicyclic) bond motifs is 1. The number of methoxy groups -OCH3 is 3. The van der Waals surface area contributed by atoms with Gasteiger partial charge in [0, 0.05) is 29.3 Å². The lowest BCUT2D eigenvalue weighted by Crippen LogP contribution is -2.11. The Bertz CT molecular complexity index is 1210. The van der Waals surface area contributed by atoms with Gasteiger partial charge in [-0.1, -0.05) is 30.3 Å². The molecule has 0 unspecified atom stereocenters. The number of hydrogen-bond donors (Lipinski definition) is 0. The molecule has 158 valence electrons. The van der Waals surface area contributed by atoms with E-state index in [0.29, 0.717) is 40.7 Å². The Morgan fingerprint density at radius 1 is 0.806 bits per heavy atom. The van der Waals surface area contributed by atoms with E-state index in [1.54, 1.807) is 56.4 Å². The summed E-state index contributed by atoms with van der Waals surface area (Å²) in [6, 6.07) is 20.4. The monoisotopic (exact) mass is 417 g/mol. The number of nitrogens with zero attached hydrogens (tertiary/aromatic N) is 1. The molecule has 0 fully saturated rings. The van der Waals surface area contributed by atoms with Gasteiger partial charge in [0.25, 0.3) is 5.91 Å².